The minimum absolute atomic E-state index is 0.0278. The largest absolute Gasteiger partial charge is 0.504 e. The molecule has 1 atom stereocenters. The van der Waals surface area contributed by atoms with Gasteiger partial charge in [-0.2, -0.15) is 0 Å². The first kappa shape index (κ1) is 13.8. The summed E-state index contributed by atoms with van der Waals surface area (Å²) in [6.07, 6.45) is 0.257. The van der Waals surface area contributed by atoms with E-state index in [1.54, 1.807) is 6.07 Å². The molecule has 0 fully saturated rings. The third kappa shape index (κ3) is 3.91. The van der Waals surface area contributed by atoms with Crippen molar-refractivity contribution in [2.45, 2.75) is 38.8 Å². The van der Waals surface area contributed by atoms with Gasteiger partial charge in [-0.3, -0.25) is 0 Å². The van der Waals surface area contributed by atoms with Crippen molar-refractivity contribution in [3.05, 3.63) is 23.8 Å². The summed E-state index contributed by atoms with van der Waals surface area (Å²) in [5, 5.41) is 31.7. The molecule has 0 saturated carbocycles. The molecule has 96 valence electrons. The van der Waals surface area contributed by atoms with Gasteiger partial charge in [-0.15, -0.1) is 0 Å². The summed E-state index contributed by atoms with van der Waals surface area (Å²) in [7, 11) is 0. The SMILES string of the molecule is CCC(C)(C)NCC(O)c1ccc(O)c(O)c1. The number of hydrogen-bond acceptors (Lipinski definition) is 4. The second kappa shape index (κ2) is 5.38. The molecule has 0 radical (unpaired) electrons. The van der Waals surface area contributed by atoms with Gasteiger partial charge in [0.05, 0.1) is 6.10 Å². The fraction of sp³-hybridized carbons (Fsp3) is 0.538. The molecule has 0 aliphatic carbocycles. The summed E-state index contributed by atoms with van der Waals surface area (Å²) in [5.41, 5.74) is 0.555. The van der Waals surface area contributed by atoms with Gasteiger partial charge in [-0.1, -0.05) is 13.0 Å². The van der Waals surface area contributed by atoms with Crippen molar-refractivity contribution >= 4 is 0 Å². The highest BCUT2D eigenvalue weighted by molar-refractivity contribution is 5.41. The minimum Gasteiger partial charge on any atom is -0.504 e. The Hall–Kier alpha value is -1.26. The predicted octanol–water partition coefficient (Wildman–Crippen LogP) is 1.91. The molecule has 1 unspecified atom stereocenters. The Labute approximate surface area is 102 Å². The van der Waals surface area contributed by atoms with Crippen molar-refractivity contribution in [3.8, 4) is 11.5 Å². The van der Waals surface area contributed by atoms with Crippen LogP contribution in [-0.4, -0.2) is 27.4 Å². The van der Waals surface area contributed by atoms with Crippen LogP contribution in [0.5, 0.6) is 11.5 Å². The predicted molar refractivity (Wildman–Crippen MR) is 67.1 cm³/mol. The Kier molecular flexibility index (Phi) is 4.37. The summed E-state index contributed by atoms with van der Waals surface area (Å²) < 4.78 is 0. The van der Waals surface area contributed by atoms with Crippen LogP contribution in [0.3, 0.4) is 0 Å². The van der Waals surface area contributed by atoms with E-state index in [0.717, 1.165) is 6.42 Å². The van der Waals surface area contributed by atoms with E-state index in [1.165, 1.54) is 12.1 Å². The molecule has 17 heavy (non-hydrogen) atoms. The summed E-state index contributed by atoms with van der Waals surface area (Å²) in [4.78, 5) is 0. The smallest absolute Gasteiger partial charge is 0.157 e. The molecular weight excluding hydrogens is 218 g/mol. The van der Waals surface area contributed by atoms with Gasteiger partial charge < -0.3 is 20.6 Å². The number of benzene rings is 1. The van der Waals surface area contributed by atoms with Crippen molar-refractivity contribution in [2.24, 2.45) is 0 Å². The van der Waals surface area contributed by atoms with E-state index in [0.29, 0.717) is 12.1 Å². The Bertz CT molecular complexity index is 377. The Morgan fingerprint density at radius 1 is 1.24 bits per heavy atom. The van der Waals surface area contributed by atoms with Crippen molar-refractivity contribution in [2.75, 3.05) is 6.54 Å². The van der Waals surface area contributed by atoms with Gasteiger partial charge in [0.2, 0.25) is 0 Å². The first-order valence-corrected chi connectivity index (χ1v) is 5.80. The molecule has 4 nitrogen and oxygen atoms in total. The molecule has 1 rings (SSSR count). The van der Waals surface area contributed by atoms with Crippen LogP contribution in [-0.2, 0) is 0 Å². The molecule has 0 bridgehead atoms. The van der Waals surface area contributed by atoms with Crippen molar-refractivity contribution in [1.82, 2.24) is 5.32 Å². The second-order valence-electron chi connectivity index (χ2n) is 4.88. The summed E-state index contributed by atoms with van der Waals surface area (Å²) in [6.45, 7) is 6.61. The number of phenolic OH excluding ortho intramolecular Hbond substituents is 2. The monoisotopic (exact) mass is 239 g/mol. The lowest BCUT2D eigenvalue weighted by Crippen LogP contribution is -2.40. The molecule has 4 heteroatoms. The Morgan fingerprint density at radius 3 is 2.41 bits per heavy atom. The first-order chi connectivity index (χ1) is 7.85. The maximum atomic E-state index is 9.94. The number of rotatable bonds is 5. The number of hydrogen-bond donors (Lipinski definition) is 4. The van der Waals surface area contributed by atoms with E-state index >= 15 is 0 Å². The summed E-state index contributed by atoms with van der Waals surface area (Å²) in [5.74, 6) is -0.390. The lowest BCUT2D eigenvalue weighted by atomic mass is 10.0. The quantitative estimate of drug-likeness (QED) is 0.592. The van der Waals surface area contributed by atoms with Crippen LogP contribution in [0.15, 0.2) is 18.2 Å². The molecule has 1 aromatic rings. The van der Waals surface area contributed by atoms with Crippen LogP contribution in [0, 0.1) is 0 Å². The highest BCUT2D eigenvalue weighted by Gasteiger charge is 2.17. The number of β-amino-alcohol motifs (C(OH)–C–C–N with tert-alkyl or cyclic N) is 1. The van der Waals surface area contributed by atoms with Crippen molar-refractivity contribution < 1.29 is 15.3 Å². The van der Waals surface area contributed by atoms with Gasteiger partial charge in [-0.25, -0.2) is 0 Å². The summed E-state index contributed by atoms with van der Waals surface area (Å²) in [6, 6.07) is 4.35. The molecule has 0 amide bonds. The Balaban J connectivity index is 2.64. The van der Waals surface area contributed by atoms with Crippen LogP contribution >= 0.6 is 0 Å². The summed E-state index contributed by atoms with van der Waals surface area (Å²) >= 11 is 0. The highest BCUT2D eigenvalue weighted by atomic mass is 16.3. The molecule has 0 aromatic heterocycles. The third-order valence-corrected chi connectivity index (χ3v) is 3.04. The van der Waals surface area contributed by atoms with Crippen LogP contribution in [0.25, 0.3) is 0 Å². The van der Waals surface area contributed by atoms with Gasteiger partial charge >= 0.3 is 0 Å². The number of phenols is 2. The minimum atomic E-state index is -0.702. The van der Waals surface area contributed by atoms with E-state index in [1.807, 2.05) is 0 Å². The number of nitrogens with one attached hydrogen (secondary N) is 1. The molecule has 1 aromatic carbocycles. The average molecular weight is 239 g/mol. The van der Waals surface area contributed by atoms with Crippen LogP contribution < -0.4 is 5.32 Å². The number of aromatic hydroxyl groups is 2. The lowest BCUT2D eigenvalue weighted by Gasteiger charge is -2.26. The van der Waals surface area contributed by atoms with Crippen LogP contribution in [0.4, 0.5) is 0 Å². The van der Waals surface area contributed by atoms with E-state index in [4.69, 9.17) is 0 Å². The van der Waals surface area contributed by atoms with Gasteiger partial charge in [0.15, 0.2) is 11.5 Å². The van der Waals surface area contributed by atoms with Gasteiger partial charge in [0.1, 0.15) is 0 Å². The standard InChI is InChI=1S/C13H21NO3/c1-4-13(2,3)14-8-12(17)9-5-6-10(15)11(16)7-9/h5-7,12,14-17H,4,8H2,1-3H3. The zero-order chi connectivity index (χ0) is 13.1. The van der Waals surface area contributed by atoms with E-state index in [9.17, 15) is 15.3 Å². The zero-order valence-electron chi connectivity index (χ0n) is 10.6. The van der Waals surface area contributed by atoms with E-state index in [2.05, 4.69) is 26.1 Å². The molecule has 0 heterocycles. The molecule has 0 saturated heterocycles. The first-order valence-electron chi connectivity index (χ1n) is 5.80. The van der Waals surface area contributed by atoms with Gasteiger partial charge in [0.25, 0.3) is 0 Å². The van der Waals surface area contributed by atoms with Crippen LogP contribution in [0.2, 0.25) is 0 Å². The molecule has 0 aliphatic heterocycles. The van der Waals surface area contributed by atoms with E-state index < -0.39 is 6.10 Å². The van der Waals surface area contributed by atoms with Crippen molar-refractivity contribution in [1.29, 1.82) is 0 Å². The molecule has 4 N–H and O–H groups in total. The molecule has 0 aliphatic rings. The maximum Gasteiger partial charge on any atom is 0.157 e. The zero-order valence-corrected chi connectivity index (χ0v) is 10.6. The Morgan fingerprint density at radius 2 is 1.88 bits per heavy atom. The van der Waals surface area contributed by atoms with Gasteiger partial charge in [0, 0.05) is 12.1 Å². The normalized spacial score (nSPS) is 13.6. The van der Waals surface area contributed by atoms with E-state index in [-0.39, 0.29) is 17.0 Å². The third-order valence-electron chi connectivity index (χ3n) is 3.04. The molecule has 0 spiro atoms. The fourth-order valence-corrected chi connectivity index (χ4v) is 1.36. The molecular formula is C13H21NO3. The maximum absolute atomic E-state index is 9.94. The average Bonchev–Trinajstić information content (AvgIpc) is 2.30. The number of aliphatic hydroxyl groups excluding tert-OH is 1. The van der Waals surface area contributed by atoms with Gasteiger partial charge in [-0.05, 0) is 38.0 Å². The lowest BCUT2D eigenvalue weighted by molar-refractivity contribution is 0.159. The second-order valence-corrected chi connectivity index (χ2v) is 4.88. The number of aliphatic hydroxyl groups is 1. The fourth-order valence-electron chi connectivity index (χ4n) is 1.36. The topological polar surface area (TPSA) is 72.7 Å². The highest BCUT2D eigenvalue weighted by Crippen LogP contribution is 2.27. The van der Waals surface area contributed by atoms with Crippen LogP contribution in [0.1, 0.15) is 38.9 Å². The van der Waals surface area contributed by atoms with Crippen molar-refractivity contribution in [3.63, 3.8) is 0 Å².